The van der Waals surface area contributed by atoms with Crippen molar-refractivity contribution in [3.63, 3.8) is 0 Å². The van der Waals surface area contributed by atoms with Gasteiger partial charge in [0.05, 0.1) is 17.2 Å². The molecule has 1 atom stereocenters. The first-order valence-electron chi connectivity index (χ1n) is 11.3. The number of rotatable bonds is 6. The Morgan fingerprint density at radius 1 is 1.24 bits per heavy atom. The minimum atomic E-state index is -3.61. The number of piperazine rings is 2. The monoisotopic (exact) mass is 508 g/mol. The summed E-state index contributed by atoms with van der Waals surface area (Å²) in [6.45, 7) is 9.76. The number of nitrogens with zero attached hydrogens (tertiary/aromatic N) is 5. The zero-order valence-corrected chi connectivity index (χ0v) is 21.6. The molecule has 2 aliphatic heterocycles. The average molecular weight is 509 g/mol. The van der Waals surface area contributed by atoms with E-state index >= 15 is 0 Å². The second-order valence-corrected chi connectivity index (χ2v) is 12.8. The van der Waals surface area contributed by atoms with Crippen molar-refractivity contribution in [2.24, 2.45) is 0 Å². The van der Waals surface area contributed by atoms with Crippen molar-refractivity contribution in [1.29, 1.82) is 0 Å². The van der Waals surface area contributed by atoms with Gasteiger partial charge < -0.3 is 15.3 Å². The van der Waals surface area contributed by atoms with Crippen LogP contribution in [0.4, 0.5) is 5.95 Å². The van der Waals surface area contributed by atoms with E-state index in [-0.39, 0.29) is 18.5 Å². The van der Waals surface area contributed by atoms with Crippen molar-refractivity contribution in [2.75, 3.05) is 44.2 Å². The van der Waals surface area contributed by atoms with Crippen molar-refractivity contribution >= 4 is 33.2 Å². The number of nitrogens with one attached hydrogen (secondary N) is 1. The van der Waals surface area contributed by atoms with Crippen LogP contribution in [0.3, 0.4) is 0 Å². The Hall–Kier alpha value is -2.12. The number of hydrogen-bond acceptors (Lipinski definition) is 9. The molecule has 4 heterocycles. The van der Waals surface area contributed by atoms with E-state index in [0.29, 0.717) is 48.4 Å². The van der Waals surface area contributed by atoms with E-state index in [1.807, 2.05) is 18.7 Å². The van der Waals surface area contributed by atoms with Crippen LogP contribution in [0.1, 0.15) is 33.3 Å². The van der Waals surface area contributed by atoms with Crippen LogP contribution in [0.2, 0.25) is 0 Å². The van der Waals surface area contributed by atoms with Gasteiger partial charge in [0.2, 0.25) is 11.9 Å². The quantitative estimate of drug-likeness (QED) is 0.590. The highest BCUT2D eigenvalue weighted by molar-refractivity contribution is 7.91. The molecule has 2 aromatic rings. The molecule has 0 radical (unpaired) electrons. The minimum Gasteiger partial charge on any atom is -0.386 e. The second kappa shape index (κ2) is 9.15. The molecular formula is C22H32N6O4S2. The van der Waals surface area contributed by atoms with E-state index < -0.39 is 21.2 Å². The Kier molecular flexibility index (Phi) is 6.73. The average Bonchev–Trinajstić information content (AvgIpc) is 3.33. The van der Waals surface area contributed by atoms with Gasteiger partial charge in [-0.1, -0.05) is 6.07 Å². The fraction of sp³-hybridized carbons (Fsp3) is 0.591. The lowest BCUT2D eigenvalue weighted by molar-refractivity contribution is -0.135. The molecular weight excluding hydrogens is 476 g/mol. The predicted molar refractivity (Wildman–Crippen MR) is 130 cm³/mol. The van der Waals surface area contributed by atoms with Gasteiger partial charge >= 0.3 is 0 Å². The van der Waals surface area contributed by atoms with Crippen LogP contribution in [0.5, 0.6) is 0 Å². The SMILES string of the molecule is CC(C)(O)c1cnc(N2CCN(S(=O)(=O)c3cccs3)C[C@@H]2CN2CCNC(=O)C2(C)C)nc1. The fourth-order valence-corrected chi connectivity index (χ4v) is 6.92. The Bertz CT molecular complexity index is 1110. The largest absolute Gasteiger partial charge is 0.386 e. The lowest BCUT2D eigenvalue weighted by atomic mass is 9.97. The summed E-state index contributed by atoms with van der Waals surface area (Å²) in [7, 11) is -3.61. The van der Waals surface area contributed by atoms with Crippen LogP contribution in [0, 0.1) is 0 Å². The molecule has 186 valence electrons. The molecule has 2 aliphatic rings. The number of thiophene rings is 1. The molecule has 2 saturated heterocycles. The molecule has 12 heteroatoms. The summed E-state index contributed by atoms with van der Waals surface area (Å²) in [5, 5.41) is 14.9. The van der Waals surface area contributed by atoms with Gasteiger partial charge in [-0.15, -0.1) is 11.3 Å². The van der Waals surface area contributed by atoms with Crippen molar-refractivity contribution in [2.45, 2.75) is 49.1 Å². The fourth-order valence-electron chi connectivity index (χ4n) is 4.31. The van der Waals surface area contributed by atoms with Crippen molar-refractivity contribution < 1.29 is 18.3 Å². The number of amides is 1. The van der Waals surface area contributed by atoms with Gasteiger partial charge in [0, 0.05) is 57.2 Å². The lowest BCUT2D eigenvalue weighted by Crippen LogP contribution is -2.66. The smallest absolute Gasteiger partial charge is 0.252 e. The van der Waals surface area contributed by atoms with Crippen LogP contribution >= 0.6 is 11.3 Å². The van der Waals surface area contributed by atoms with Crippen LogP contribution in [-0.2, 0) is 20.4 Å². The maximum atomic E-state index is 13.2. The van der Waals surface area contributed by atoms with Gasteiger partial charge in [0.25, 0.3) is 10.0 Å². The first-order chi connectivity index (χ1) is 15.9. The highest BCUT2D eigenvalue weighted by Crippen LogP contribution is 2.28. The van der Waals surface area contributed by atoms with E-state index in [0.717, 1.165) is 0 Å². The normalized spacial score (nSPS) is 22.6. The molecule has 0 aromatic carbocycles. The molecule has 0 aliphatic carbocycles. The Morgan fingerprint density at radius 3 is 2.56 bits per heavy atom. The molecule has 4 rings (SSSR count). The topological polar surface area (TPSA) is 119 Å². The number of anilines is 1. The molecule has 0 bridgehead atoms. The van der Waals surface area contributed by atoms with Crippen LogP contribution in [-0.4, -0.2) is 89.5 Å². The standard InChI is InChI=1S/C22H32N6O4S2/c1-21(2)19(29)23-7-8-26(21)14-17-15-27(34(31,32)18-6-5-11-33-18)9-10-28(17)20-24-12-16(13-25-20)22(3,4)30/h5-6,11-13,17,30H,7-10,14-15H2,1-4H3,(H,23,29)/t17-/m0/s1. The summed E-state index contributed by atoms with van der Waals surface area (Å²) in [4.78, 5) is 25.6. The zero-order chi connectivity index (χ0) is 24.7. The first-order valence-corrected chi connectivity index (χ1v) is 13.6. The summed E-state index contributed by atoms with van der Waals surface area (Å²) in [6, 6.07) is 3.09. The zero-order valence-electron chi connectivity index (χ0n) is 19.9. The third kappa shape index (κ3) is 4.82. The van der Waals surface area contributed by atoms with Crippen LogP contribution in [0.15, 0.2) is 34.1 Å². The maximum absolute atomic E-state index is 13.2. The van der Waals surface area contributed by atoms with E-state index in [1.54, 1.807) is 43.8 Å². The Balaban J connectivity index is 1.63. The molecule has 2 aromatic heterocycles. The van der Waals surface area contributed by atoms with Crippen molar-refractivity contribution in [1.82, 2.24) is 24.5 Å². The van der Waals surface area contributed by atoms with Crippen molar-refractivity contribution in [3.8, 4) is 0 Å². The summed E-state index contributed by atoms with van der Waals surface area (Å²) in [6.07, 6.45) is 3.21. The number of sulfonamides is 1. The molecule has 10 nitrogen and oxygen atoms in total. The molecule has 0 unspecified atom stereocenters. The number of hydrogen-bond donors (Lipinski definition) is 2. The molecule has 34 heavy (non-hydrogen) atoms. The van der Waals surface area contributed by atoms with E-state index in [4.69, 9.17) is 0 Å². The number of carbonyl (C=O) groups is 1. The highest BCUT2D eigenvalue weighted by atomic mass is 32.2. The summed E-state index contributed by atoms with van der Waals surface area (Å²) < 4.78 is 28.3. The van der Waals surface area contributed by atoms with Gasteiger partial charge in [-0.3, -0.25) is 9.69 Å². The Labute approximate surface area is 204 Å². The summed E-state index contributed by atoms with van der Waals surface area (Å²) >= 11 is 1.21. The molecule has 0 spiro atoms. The second-order valence-electron chi connectivity index (χ2n) is 9.73. The Morgan fingerprint density at radius 2 is 1.94 bits per heavy atom. The van der Waals surface area contributed by atoms with Crippen LogP contribution < -0.4 is 10.2 Å². The molecule has 2 fully saturated rings. The number of aliphatic hydroxyl groups is 1. The molecule has 1 amide bonds. The maximum Gasteiger partial charge on any atom is 0.252 e. The van der Waals surface area contributed by atoms with Gasteiger partial charge in [0.15, 0.2) is 0 Å². The first kappa shape index (κ1) is 25.0. The number of aromatic nitrogens is 2. The third-order valence-electron chi connectivity index (χ3n) is 6.58. The lowest BCUT2D eigenvalue weighted by Gasteiger charge is -2.47. The third-order valence-corrected chi connectivity index (χ3v) is 9.82. The molecule has 2 N–H and O–H groups in total. The van der Waals surface area contributed by atoms with Gasteiger partial charge in [-0.2, -0.15) is 4.31 Å². The highest BCUT2D eigenvalue weighted by Gasteiger charge is 2.42. The van der Waals surface area contributed by atoms with E-state index in [9.17, 15) is 18.3 Å². The van der Waals surface area contributed by atoms with Crippen LogP contribution in [0.25, 0.3) is 0 Å². The minimum absolute atomic E-state index is 0.0463. The summed E-state index contributed by atoms with van der Waals surface area (Å²) in [5.74, 6) is 0.431. The summed E-state index contributed by atoms with van der Waals surface area (Å²) in [5.41, 5.74) is -1.18. The van der Waals surface area contributed by atoms with Crippen molar-refractivity contribution in [3.05, 3.63) is 35.5 Å². The van der Waals surface area contributed by atoms with Gasteiger partial charge in [-0.05, 0) is 39.1 Å². The molecule has 0 saturated carbocycles. The van der Waals surface area contributed by atoms with E-state index in [2.05, 4.69) is 20.2 Å². The van der Waals surface area contributed by atoms with Gasteiger partial charge in [0.1, 0.15) is 4.21 Å². The van der Waals surface area contributed by atoms with Gasteiger partial charge in [-0.25, -0.2) is 18.4 Å². The predicted octanol–water partition coefficient (Wildman–Crippen LogP) is 0.855. The number of carbonyl (C=O) groups excluding carboxylic acids is 1. The van der Waals surface area contributed by atoms with E-state index in [1.165, 1.54) is 15.6 Å².